The van der Waals surface area contributed by atoms with Crippen LogP contribution < -0.4 is 5.32 Å². The second-order valence-corrected chi connectivity index (χ2v) is 5.02. The van der Waals surface area contributed by atoms with Crippen molar-refractivity contribution in [1.82, 2.24) is 5.32 Å². The first-order valence-corrected chi connectivity index (χ1v) is 7.32. The average Bonchev–Trinajstić information content (AvgIpc) is 2.42. The molecule has 114 valence electrons. The molecule has 4 heteroatoms. The van der Waals surface area contributed by atoms with Crippen molar-refractivity contribution < 1.29 is 13.9 Å². The van der Waals surface area contributed by atoms with Crippen molar-refractivity contribution in [3.05, 3.63) is 35.6 Å². The van der Waals surface area contributed by atoms with Crippen molar-refractivity contribution in [2.75, 3.05) is 26.4 Å². The molecule has 0 fully saturated rings. The van der Waals surface area contributed by atoms with Gasteiger partial charge in [-0.1, -0.05) is 25.1 Å². The van der Waals surface area contributed by atoms with Gasteiger partial charge in [0.05, 0.1) is 32.0 Å². The fraction of sp³-hybridized carbons (Fsp3) is 0.625. The van der Waals surface area contributed by atoms with E-state index in [1.807, 2.05) is 19.9 Å². The number of hydrogen-bond donors (Lipinski definition) is 1. The number of nitrogens with one attached hydrogen (secondary N) is 1. The van der Waals surface area contributed by atoms with Crippen molar-refractivity contribution in [3.8, 4) is 0 Å². The zero-order valence-electron chi connectivity index (χ0n) is 12.7. The summed E-state index contributed by atoms with van der Waals surface area (Å²) in [6.07, 6.45) is 1.21. The van der Waals surface area contributed by atoms with Gasteiger partial charge in [-0.3, -0.25) is 0 Å². The summed E-state index contributed by atoms with van der Waals surface area (Å²) in [7, 11) is 0. The van der Waals surface area contributed by atoms with Gasteiger partial charge in [-0.05, 0) is 32.9 Å². The Morgan fingerprint density at radius 3 is 2.60 bits per heavy atom. The lowest BCUT2D eigenvalue weighted by Gasteiger charge is -2.20. The van der Waals surface area contributed by atoms with Gasteiger partial charge in [-0.15, -0.1) is 0 Å². The Balaban J connectivity index is 2.46. The summed E-state index contributed by atoms with van der Waals surface area (Å²) in [6.45, 7) is 8.44. The van der Waals surface area contributed by atoms with Gasteiger partial charge in [0.1, 0.15) is 5.82 Å². The van der Waals surface area contributed by atoms with E-state index in [9.17, 15) is 4.39 Å². The van der Waals surface area contributed by atoms with Crippen LogP contribution in [-0.4, -0.2) is 32.5 Å². The summed E-state index contributed by atoms with van der Waals surface area (Å²) in [6, 6.07) is 6.72. The molecule has 1 rings (SSSR count). The van der Waals surface area contributed by atoms with Gasteiger partial charge in [-0.2, -0.15) is 0 Å². The Bertz CT molecular complexity index is 371. The number of benzene rings is 1. The largest absolute Gasteiger partial charge is 0.377 e. The highest BCUT2D eigenvalue weighted by molar-refractivity contribution is 5.21. The molecule has 3 nitrogen and oxygen atoms in total. The fourth-order valence-electron chi connectivity index (χ4n) is 1.88. The Kier molecular flexibility index (Phi) is 8.42. The molecule has 1 aromatic carbocycles. The topological polar surface area (TPSA) is 30.5 Å². The summed E-state index contributed by atoms with van der Waals surface area (Å²) >= 11 is 0. The molecule has 1 aromatic rings. The van der Waals surface area contributed by atoms with Crippen molar-refractivity contribution in [2.24, 2.45) is 0 Å². The molecule has 0 saturated carbocycles. The summed E-state index contributed by atoms with van der Waals surface area (Å²) in [5.74, 6) is -0.192. The van der Waals surface area contributed by atoms with E-state index < -0.39 is 0 Å². The monoisotopic (exact) mass is 283 g/mol. The van der Waals surface area contributed by atoms with Crippen LogP contribution in [0.4, 0.5) is 4.39 Å². The second-order valence-electron chi connectivity index (χ2n) is 5.02. The number of ether oxygens (including phenoxy) is 2. The molecule has 0 spiro atoms. The van der Waals surface area contributed by atoms with Gasteiger partial charge in [0, 0.05) is 5.56 Å². The predicted molar refractivity (Wildman–Crippen MR) is 79.3 cm³/mol. The van der Waals surface area contributed by atoms with Crippen molar-refractivity contribution in [2.45, 2.75) is 39.3 Å². The molecule has 0 saturated heterocycles. The highest BCUT2D eigenvalue weighted by atomic mass is 19.1. The third-order valence-corrected chi connectivity index (χ3v) is 2.88. The van der Waals surface area contributed by atoms with Crippen LogP contribution in [0.1, 0.15) is 38.8 Å². The summed E-state index contributed by atoms with van der Waals surface area (Å²) < 4.78 is 24.8. The van der Waals surface area contributed by atoms with Crippen LogP contribution in [0.2, 0.25) is 0 Å². The molecule has 0 aliphatic carbocycles. The lowest BCUT2D eigenvalue weighted by atomic mass is 10.1. The van der Waals surface area contributed by atoms with E-state index in [0.29, 0.717) is 25.4 Å². The predicted octanol–water partition coefficient (Wildman–Crippen LogP) is 3.31. The molecule has 0 aliphatic heterocycles. The first kappa shape index (κ1) is 17.1. The average molecular weight is 283 g/mol. The van der Waals surface area contributed by atoms with Gasteiger partial charge < -0.3 is 14.8 Å². The third kappa shape index (κ3) is 6.46. The fourth-order valence-corrected chi connectivity index (χ4v) is 1.88. The van der Waals surface area contributed by atoms with Crippen LogP contribution in [0, 0.1) is 5.82 Å². The van der Waals surface area contributed by atoms with Gasteiger partial charge in [-0.25, -0.2) is 4.39 Å². The molecular weight excluding hydrogens is 257 g/mol. The number of rotatable bonds is 10. The van der Waals surface area contributed by atoms with Crippen LogP contribution in [0.3, 0.4) is 0 Å². The first-order chi connectivity index (χ1) is 9.65. The highest BCUT2D eigenvalue weighted by Gasteiger charge is 2.14. The van der Waals surface area contributed by atoms with Crippen LogP contribution in [-0.2, 0) is 9.47 Å². The van der Waals surface area contributed by atoms with E-state index in [-0.39, 0.29) is 18.0 Å². The van der Waals surface area contributed by atoms with E-state index in [1.165, 1.54) is 6.07 Å². The van der Waals surface area contributed by atoms with Gasteiger partial charge in [0.2, 0.25) is 0 Å². The molecular formula is C16H26FNO2. The Hall–Kier alpha value is -0.970. The minimum absolute atomic E-state index is 0.116. The second kappa shape index (κ2) is 9.86. The van der Waals surface area contributed by atoms with Crippen molar-refractivity contribution >= 4 is 0 Å². The van der Waals surface area contributed by atoms with Crippen LogP contribution in [0.15, 0.2) is 24.3 Å². The van der Waals surface area contributed by atoms with E-state index in [4.69, 9.17) is 9.47 Å². The molecule has 0 aliphatic rings. The van der Waals surface area contributed by atoms with E-state index in [1.54, 1.807) is 12.1 Å². The quantitative estimate of drug-likeness (QED) is 0.668. The minimum Gasteiger partial charge on any atom is -0.377 e. The number of halogens is 1. The van der Waals surface area contributed by atoms with E-state index in [2.05, 4.69) is 12.2 Å². The van der Waals surface area contributed by atoms with Crippen LogP contribution in [0.25, 0.3) is 0 Å². The smallest absolute Gasteiger partial charge is 0.128 e. The summed E-state index contributed by atoms with van der Waals surface area (Å²) in [4.78, 5) is 0. The standard InChI is InChI=1S/C16H26FNO2/c1-4-9-18-16(12-19-10-11-20-13(2)3)14-7-5-6-8-15(14)17/h5-8,13,16,18H,4,9-12H2,1-3H3. The lowest BCUT2D eigenvalue weighted by Crippen LogP contribution is -2.28. The Labute approximate surface area is 121 Å². The molecule has 0 amide bonds. The SMILES string of the molecule is CCCNC(COCCOC(C)C)c1ccccc1F. The Morgan fingerprint density at radius 2 is 1.95 bits per heavy atom. The summed E-state index contributed by atoms with van der Waals surface area (Å²) in [5.41, 5.74) is 0.658. The molecule has 0 bridgehead atoms. The maximum atomic E-state index is 13.8. The van der Waals surface area contributed by atoms with E-state index >= 15 is 0 Å². The van der Waals surface area contributed by atoms with Gasteiger partial charge >= 0.3 is 0 Å². The van der Waals surface area contributed by atoms with E-state index in [0.717, 1.165) is 13.0 Å². The molecule has 0 aromatic heterocycles. The zero-order chi connectivity index (χ0) is 14.8. The molecule has 1 N–H and O–H groups in total. The first-order valence-electron chi connectivity index (χ1n) is 7.32. The molecule has 20 heavy (non-hydrogen) atoms. The van der Waals surface area contributed by atoms with Gasteiger partial charge in [0.25, 0.3) is 0 Å². The Morgan fingerprint density at radius 1 is 1.20 bits per heavy atom. The normalized spacial score (nSPS) is 12.8. The lowest BCUT2D eigenvalue weighted by molar-refractivity contribution is 0.0135. The van der Waals surface area contributed by atoms with Crippen LogP contribution >= 0.6 is 0 Å². The van der Waals surface area contributed by atoms with Crippen molar-refractivity contribution in [3.63, 3.8) is 0 Å². The molecule has 0 heterocycles. The molecule has 1 atom stereocenters. The maximum absolute atomic E-state index is 13.8. The summed E-state index contributed by atoms with van der Waals surface area (Å²) in [5, 5.41) is 3.32. The van der Waals surface area contributed by atoms with Gasteiger partial charge in [0.15, 0.2) is 0 Å². The maximum Gasteiger partial charge on any atom is 0.128 e. The van der Waals surface area contributed by atoms with Crippen molar-refractivity contribution in [1.29, 1.82) is 0 Å². The minimum atomic E-state index is -0.192. The number of hydrogen-bond acceptors (Lipinski definition) is 3. The molecule has 0 radical (unpaired) electrons. The third-order valence-electron chi connectivity index (χ3n) is 2.88. The molecule has 1 unspecified atom stereocenters. The zero-order valence-corrected chi connectivity index (χ0v) is 12.7. The van der Waals surface area contributed by atoms with Crippen LogP contribution in [0.5, 0.6) is 0 Å². The highest BCUT2D eigenvalue weighted by Crippen LogP contribution is 2.17.